The number of hydrogen-bond donors (Lipinski definition) is 0. The number of benzene rings is 2. The highest BCUT2D eigenvalue weighted by Crippen LogP contribution is 2.08. The SMILES string of the molecule is CCOc1ccccc1.[O]Cc1ccc(Cl)cc1. The van der Waals surface area contributed by atoms with Gasteiger partial charge < -0.3 is 4.74 Å². The smallest absolute Gasteiger partial charge is 0.119 e. The van der Waals surface area contributed by atoms with Gasteiger partial charge in [-0.25, -0.2) is 5.11 Å². The van der Waals surface area contributed by atoms with E-state index in [2.05, 4.69) is 0 Å². The zero-order chi connectivity index (χ0) is 13.2. The van der Waals surface area contributed by atoms with Gasteiger partial charge in [0, 0.05) is 5.02 Å². The normalized spacial score (nSPS) is 9.28. The van der Waals surface area contributed by atoms with E-state index in [4.69, 9.17) is 16.3 Å². The minimum Gasteiger partial charge on any atom is -0.494 e. The summed E-state index contributed by atoms with van der Waals surface area (Å²) in [6.07, 6.45) is 0. The molecule has 0 fully saturated rings. The van der Waals surface area contributed by atoms with Crippen molar-refractivity contribution in [3.63, 3.8) is 0 Å². The van der Waals surface area contributed by atoms with Crippen LogP contribution in [0.5, 0.6) is 5.75 Å². The first-order valence-corrected chi connectivity index (χ1v) is 6.14. The van der Waals surface area contributed by atoms with Crippen molar-refractivity contribution in [1.82, 2.24) is 0 Å². The van der Waals surface area contributed by atoms with Crippen LogP contribution < -0.4 is 4.74 Å². The van der Waals surface area contributed by atoms with E-state index < -0.39 is 0 Å². The van der Waals surface area contributed by atoms with Gasteiger partial charge in [0.15, 0.2) is 0 Å². The zero-order valence-electron chi connectivity index (χ0n) is 10.3. The van der Waals surface area contributed by atoms with Crippen LogP contribution >= 0.6 is 11.6 Å². The zero-order valence-corrected chi connectivity index (χ0v) is 11.1. The van der Waals surface area contributed by atoms with Crippen LogP contribution in [0.1, 0.15) is 12.5 Å². The van der Waals surface area contributed by atoms with Crippen LogP contribution in [-0.4, -0.2) is 6.61 Å². The van der Waals surface area contributed by atoms with Crippen molar-refractivity contribution < 1.29 is 9.84 Å². The monoisotopic (exact) mass is 263 g/mol. The molecule has 0 saturated heterocycles. The van der Waals surface area contributed by atoms with Gasteiger partial charge in [0.2, 0.25) is 0 Å². The third-order valence-corrected chi connectivity index (χ3v) is 2.39. The van der Waals surface area contributed by atoms with Gasteiger partial charge in [0.25, 0.3) is 0 Å². The molecule has 0 aliphatic carbocycles. The lowest BCUT2D eigenvalue weighted by Gasteiger charge is -1.99. The number of halogens is 1. The summed E-state index contributed by atoms with van der Waals surface area (Å²) in [4.78, 5) is 0. The molecule has 0 atom stereocenters. The number of rotatable bonds is 3. The van der Waals surface area contributed by atoms with E-state index in [0.29, 0.717) is 5.02 Å². The van der Waals surface area contributed by atoms with Gasteiger partial charge in [0.1, 0.15) is 12.4 Å². The molecular formula is C15H16ClO2. The number of hydrogen-bond acceptors (Lipinski definition) is 1. The van der Waals surface area contributed by atoms with E-state index in [-0.39, 0.29) is 6.61 Å². The van der Waals surface area contributed by atoms with Gasteiger partial charge >= 0.3 is 0 Å². The van der Waals surface area contributed by atoms with Crippen molar-refractivity contribution in [3.8, 4) is 5.75 Å². The molecule has 0 amide bonds. The summed E-state index contributed by atoms with van der Waals surface area (Å²) < 4.78 is 5.21. The van der Waals surface area contributed by atoms with Gasteiger partial charge in [-0.05, 0) is 36.8 Å². The number of ether oxygens (including phenoxy) is 1. The van der Waals surface area contributed by atoms with E-state index in [1.165, 1.54) is 0 Å². The Morgan fingerprint density at radius 2 is 1.61 bits per heavy atom. The highest BCUT2D eigenvalue weighted by atomic mass is 35.5. The van der Waals surface area contributed by atoms with Crippen molar-refractivity contribution in [2.45, 2.75) is 13.5 Å². The second kappa shape index (κ2) is 8.56. The molecule has 2 nitrogen and oxygen atoms in total. The second-order valence-electron chi connectivity index (χ2n) is 3.52. The van der Waals surface area contributed by atoms with E-state index in [0.717, 1.165) is 17.9 Å². The summed E-state index contributed by atoms with van der Waals surface area (Å²) in [5, 5.41) is 10.9. The van der Waals surface area contributed by atoms with E-state index in [1.54, 1.807) is 24.3 Å². The largest absolute Gasteiger partial charge is 0.494 e. The topological polar surface area (TPSA) is 29.1 Å². The minimum atomic E-state index is -0.169. The van der Waals surface area contributed by atoms with Crippen LogP contribution in [0.25, 0.3) is 0 Å². The average molecular weight is 264 g/mol. The molecule has 0 aliphatic heterocycles. The summed E-state index contributed by atoms with van der Waals surface area (Å²) >= 11 is 5.57. The second-order valence-corrected chi connectivity index (χ2v) is 3.95. The fraction of sp³-hybridized carbons (Fsp3) is 0.200. The van der Waals surface area contributed by atoms with Gasteiger partial charge in [-0.2, -0.15) is 0 Å². The van der Waals surface area contributed by atoms with Crippen LogP contribution in [-0.2, 0) is 11.7 Å². The highest BCUT2D eigenvalue weighted by Gasteiger charge is 1.88. The lowest BCUT2D eigenvalue weighted by molar-refractivity contribution is 0.177. The van der Waals surface area contributed by atoms with Crippen LogP contribution in [0.4, 0.5) is 0 Å². The van der Waals surface area contributed by atoms with Crippen molar-refractivity contribution in [2.24, 2.45) is 0 Å². The summed E-state index contributed by atoms with van der Waals surface area (Å²) in [5.41, 5.74) is 0.777. The highest BCUT2D eigenvalue weighted by molar-refractivity contribution is 6.30. The van der Waals surface area contributed by atoms with Crippen LogP contribution in [0, 0.1) is 0 Å². The third kappa shape index (κ3) is 5.71. The van der Waals surface area contributed by atoms with Crippen LogP contribution in [0.15, 0.2) is 54.6 Å². The first-order chi connectivity index (χ1) is 8.76. The van der Waals surface area contributed by atoms with Gasteiger partial charge in [0.05, 0.1) is 6.61 Å². The first-order valence-electron chi connectivity index (χ1n) is 5.76. The maximum absolute atomic E-state index is 10.2. The van der Waals surface area contributed by atoms with E-state index >= 15 is 0 Å². The molecule has 0 bridgehead atoms. The van der Waals surface area contributed by atoms with Crippen LogP contribution in [0.3, 0.4) is 0 Å². The molecule has 0 unspecified atom stereocenters. The van der Waals surface area contributed by atoms with E-state index in [1.807, 2.05) is 37.3 Å². The minimum absolute atomic E-state index is 0.169. The standard InChI is InChI=1S/C8H10O.C7H6ClO/c1-2-9-8-6-4-3-5-7-8;8-7-3-1-6(5-9)2-4-7/h3-7H,2H2,1H3;1-4H,5H2. The lowest BCUT2D eigenvalue weighted by atomic mass is 10.2. The Bertz CT molecular complexity index is 426. The molecule has 18 heavy (non-hydrogen) atoms. The predicted octanol–water partition coefficient (Wildman–Crippen LogP) is 4.36. The molecule has 0 aromatic heterocycles. The summed E-state index contributed by atoms with van der Waals surface area (Å²) in [6, 6.07) is 16.7. The molecule has 0 saturated carbocycles. The molecule has 2 aromatic carbocycles. The Balaban J connectivity index is 0.000000180. The van der Waals surface area contributed by atoms with Crippen molar-refractivity contribution >= 4 is 11.6 Å². The van der Waals surface area contributed by atoms with Crippen molar-refractivity contribution in [3.05, 3.63) is 65.2 Å². The lowest BCUT2D eigenvalue weighted by Crippen LogP contribution is -1.89. The maximum Gasteiger partial charge on any atom is 0.119 e. The Morgan fingerprint density at radius 1 is 1.00 bits per heavy atom. The fourth-order valence-corrected chi connectivity index (χ4v) is 1.39. The van der Waals surface area contributed by atoms with Gasteiger partial charge in [-0.3, -0.25) is 0 Å². The predicted molar refractivity (Wildman–Crippen MR) is 73.5 cm³/mol. The molecule has 2 aromatic rings. The molecule has 0 aliphatic rings. The van der Waals surface area contributed by atoms with Crippen molar-refractivity contribution in [2.75, 3.05) is 6.61 Å². The van der Waals surface area contributed by atoms with Gasteiger partial charge in [-0.15, -0.1) is 0 Å². The molecule has 3 heteroatoms. The quantitative estimate of drug-likeness (QED) is 0.809. The summed E-state index contributed by atoms with van der Waals surface area (Å²) in [7, 11) is 0. The average Bonchev–Trinajstić information content (AvgIpc) is 2.42. The molecular weight excluding hydrogens is 248 g/mol. The first kappa shape index (κ1) is 14.6. The molecule has 2 rings (SSSR count). The third-order valence-electron chi connectivity index (χ3n) is 2.13. The molecule has 1 radical (unpaired) electrons. The Kier molecular flexibility index (Phi) is 6.92. The number of para-hydroxylation sites is 1. The van der Waals surface area contributed by atoms with Crippen molar-refractivity contribution in [1.29, 1.82) is 0 Å². The van der Waals surface area contributed by atoms with Gasteiger partial charge in [-0.1, -0.05) is 41.9 Å². The Morgan fingerprint density at radius 3 is 2.11 bits per heavy atom. The Labute approximate surface area is 113 Å². The molecule has 0 heterocycles. The fourth-order valence-electron chi connectivity index (χ4n) is 1.26. The molecule has 0 N–H and O–H groups in total. The maximum atomic E-state index is 10.2. The summed E-state index contributed by atoms with van der Waals surface area (Å²) in [6.45, 7) is 2.55. The molecule has 95 valence electrons. The van der Waals surface area contributed by atoms with E-state index in [9.17, 15) is 5.11 Å². The summed E-state index contributed by atoms with van der Waals surface area (Å²) in [5.74, 6) is 0.944. The van der Waals surface area contributed by atoms with Crippen LogP contribution in [0.2, 0.25) is 5.02 Å². The Hall–Kier alpha value is -1.51. The molecule has 0 spiro atoms.